The zero-order chi connectivity index (χ0) is 23.7. The molecular formula is C23H22N4O5S. The number of rotatable bonds is 10. The maximum absolute atomic E-state index is 13.1. The first-order chi connectivity index (χ1) is 15.9. The van der Waals surface area contributed by atoms with Gasteiger partial charge in [-0.3, -0.25) is 14.9 Å². The maximum Gasteiger partial charge on any atom is 0.270 e. The number of hydrazone groups is 1. The molecule has 0 aliphatic carbocycles. The number of carbonyl (C=O) groups excluding carboxylic acids is 1. The van der Waals surface area contributed by atoms with Gasteiger partial charge in [0, 0.05) is 24.2 Å². The molecule has 33 heavy (non-hydrogen) atoms. The average Bonchev–Trinajstić information content (AvgIpc) is 2.83. The number of nitrogens with zero attached hydrogens (tertiary/aromatic N) is 3. The van der Waals surface area contributed by atoms with Crippen molar-refractivity contribution in [3.63, 3.8) is 0 Å². The van der Waals surface area contributed by atoms with E-state index in [1.807, 2.05) is 30.3 Å². The molecule has 0 saturated carbocycles. The molecule has 3 rings (SSSR count). The van der Waals surface area contributed by atoms with Gasteiger partial charge in [0.1, 0.15) is 0 Å². The summed E-state index contributed by atoms with van der Waals surface area (Å²) in [5, 5.41) is 14.7. The van der Waals surface area contributed by atoms with E-state index in [-0.39, 0.29) is 17.1 Å². The highest BCUT2D eigenvalue weighted by atomic mass is 32.2. The largest absolute Gasteiger partial charge is 0.272 e. The molecule has 0 unspecified atom stereocenters. The molecule has 1 amide bonds. The summed E-state index contributed by atoms with van der Waals surface area (Å²) in [6, 6.07) is 23.0. The SMILES string of the molecule is O=C(CN(CCc1ccccc1)S(=O)(=O)c1ccccc1)N/N=C/c1cccc([N+](=O)[O-])c1. The van der Waals surface area contributed by atoms with Crippen LogP contribution >= 0.6 is 0 Å². The van der Waals surface area contributed by atoms with Gasteiger partial charge in [-0.05, 0) is 24.1 Å². The third kappa shape index (κ3) is 6.79. The van der Waals surface area contributed by atoms with Crippen molar-refractivity contribution in [2.75, 3.05) is 13.1 Å². The van der Waals surface area contributed by atoms with Crippen LogP contribution in [0.25, 0.3) is 0 Å². The number of sulfonamides is 1. The Labute approximate surface area is 191 Å². The van der Waals surface area contributed by atoms with Gasteiger partial charge in [0.05, 0.1) is 22.6 Å². The standard InChI is InChI=1S/C23H22N4O5S/c28-23(25-24-17-20-10-7-11-21(16-20)27(29)30)18-26(15-14-19-8-3-1-4-9-19)33(31,32)22-12-5-2-6-13-22/h1-13,16-17H,14-15,18H2,(H,25,28)/b24-17+. The van der Waals surface area contributed by atoms with Crippen LogP contribution in [0.2, 0.25) is 0 Å². The second kappa shape index (κ2) is 11.1. The minimum absolute atomic E-state index is 0.0889. The molecule has 0 saturated heterocycles. The fourth-order valence-corrected chi connectivity index (χ4v) is 4.44. The van der Waals surface area contributed by atoms with Crippen molar-refractivity contribution in [1.29, 1.82) is 0 Å². The zero-order valence-corrected chi connectivity index (χ0v) is 18.4. The van der Waals surface area contributed by atoms with Crippen LogP contribution in [0.5, 0.6) is 0 Å². The van der Waals surface area contributed by atoms with Crippen LogP contribution in [0, 0.1) is 10.1 Å². The lowest BCUT2D eigenvalue weighted by Crippen LogP contribution is -2.40. The Morgan fingerprint density at radius 2 is 1.67 bits per heavy atom. The summed E-state index contributed by atoms with van der Waals surface area (Å²) in [5.74, 6) is -0.635. The van der Waals surface area contributed by atoms with E-state index in [0.29, 0.717) is 12.0 Å². The van der Waals surface area contributed by atoms with Crippen LogP contribution in [0.15, 0.2) is 94.9 Å². The van der Waals surface area contributed by atoms with Gasteiger partial charge in [0.25, 0.3) is 11.6 Å². The van der Waals surface area contributed by atoms with Gasteiger partial charge < -0.3 is 0 Å². The average molecular weight is 467 g/mol. The highest BCUT2D eigenvalue weighted by Gasteiger charge is 2.26. The maximum atomic E-state index is 13.1. The van der Waals surface area contributed by atoms with Gasteiger partial charge in [-0.15, -0.1) is 0 Å². The van der Waals surface area contributed by atoms with Gasteiger partial charge in [-0.25, -0.2) is 13.8 Å². The minimum atomic E-state index is -3.91. The van der Waals surface area contributed by atoms with E-state index in [4.69, 9.17) is 0 Å². The van der Waals surface area contributed by atoms with Crippen LogP contribution in [0.3, 0.4) is 0 Å². The molecule has 0 bridgehead atoms. The summed E-state index contributed by atoms with van der Waals surface area (Å²) >= 11 is 0. The lowest BCUT2D eigenvalue weighted by Gasteiger charge is -2.21. The van der Waals surface area contributed by atoms with E-state index < -0.39 is 27.4 Å². The molecule has 3 aromatic rings. The van der Waals surface area contributed by atoms with Gasteiger partial charge in [-0.2, -0.15) is 9.41 Å². The van der Waals surface area contributed by atoms with Crippen LogP contribution in [-0.4, -0.2) is 42.9 Å². The summed E-state index contributed by atoms with van der Waals surface area (Å²) < 4.78 is 27.4. The lowest BCUT2D eigenvalue weighted by atomic mass is 10.1. The molecule has 0 atom stereocenters. The van der Waals surface area contributed by atoms with Crippen LogP contribution in [-0.2, 0) is 21.2 Å². The first kappa shape index (κ1) is 23.8. The van der Waals surface area contributed by atoms with Crippen molar-refractivity contribution in [3.8, 4) is 0 Å². The quantitative estimate of drug-likeness (QED) is 0.280. The number of non-ortho nitro benzene ring substituents is 1. The normalized spacial score (nSPS) is 11.5. The Morgan fingerprint density at radius 1 is 1.00 bits per heavy atom. The van der Waals surface area contributed by atoms with Crippen molar-refractivity contribution in [2.45, 2.75) is 11.3 Å². The molecule has 0 aromatic heterocycles. The summed E-state index contributed by atoms with van der Waals surface area (Å²) in [7, 11) is -3.91. The number of carbonyl (C=O) groups is 1. The van der Waals surface area contributed by atoms with Crippen LogP contribution in [0.1, 0.15) is 11.1 Å². The molecule has 3 aromatic carbocycles. The summed E-state index contributed by atoms with van der Waals surface area (Å²) in [6.45, 7) is -0.334. The van der Waals surface area contributed by atoms with Gasteiger partial charge in [0.2, 0.25) is 10.0 Å². The predicted octanol–water partition coefficient (Wildman–Crippen LogP) is 2.98. The summed E-state index contributed by atoms with van der Waals surface area (Å²) in [6.07, 6.45) is 1.68. The molecule has 0 radical (unpaired) electrons. The summed E-state index contributed by atoms with van der Waals surface area (Å²) in [5.41, 5.74) is 3.54. The Kier molecular flexibility index (Phi) is 8.01. The lowest BCUT2D eigenvalue weighted by molar-refractivity contribution is -0.384. The van der Waals surface area contributed by atoms with E-state index in [0.717, 1.165) is 9.87 Å². The van der Waals surface area contributed by atoms with Gasteiger partial charge in [0.15, 0.2) is 0 Å². The van der Waals surface area contributed by atoms with Crippen molar-refractivity contribution in [1.82, 2.24) is 9.73 Å². The molecule has 0 aliphatic heterocycles. The monoisotopic (exact) mass is 466 g/mol. The fraction of sp³-hybridized carbons (Fsp3) is 0.130. The number of benzene rings is 3. The predicted molar refractivity (Wildman–Crippen MR) is 124 cm³/mol. The molecule has 0 heterocycles. The second-order valence-electron chi connectivity index (χ2n) is 7.03. The molecule has 9 nitrogen and oxygen atoms in total. The molecule has 1 N–H and O–H groups in total. The van der Waals surface area contributed by atoms with Gasteiger partial charge in [-0.1, -0.05) is 60.7 Å². The van der Waals surface area contributed by atoms with Gasteiger partial charge >= 0.3 is 0 Å². The molecular weight excluding hydrogens is 444 g/mol. The van der Waals surface area contributed by atoms with E-state index in [9.17, 15) is 23.3 Å². The number of nitro groups is 1. The third-order valence-electron chi connectivity index (χ3n) is 4.68. The Bertz CT molecular complexity index is 1230. The minimum Gasteiger partial charge on any atom is -0.272 e. The smallest absolute Gasteiger partial charge is 0.270 e. The number of nitro benzene ring substituents is 1. The van der Waals surface area contributed by atoms with Crippen molar-refractivity contribution in [3.05, 3.63) is 106 Å². The van der Waals surface area contributed by atoms with Crippen molar-refractivity contribution >= 4 is 27.8 Å². The Hall–Kier alpha value is -3.89. The fourth-order valence-electron chi connectivity index (χ4n) is 3.02. The molecule has 10 heteroatoms. The van der Waals surface area contributed by atoms with Crippen LogP contribution < -0.4 is 5.43 Å². The molecule has 170 valence electrons. The van der Waals surface area contributed by atoms with E-state index >= 15 is 0 Å². The highest BCUT2D eigenvalue weighted by molar-refractivity contribution is 7.89. The van der Waals surface area contributed by atoms with E-state index in [2.05, 4.69) is 10.5 Å². The number of nitrogens with one attached hydrogen (secondary N) is 1. The van der Waals surface area contributed by atoms with E-state index in [1.54, 1.807) is 24.3 Å². The Morgan fingerprint density at radius 3 is 2.33 bits per heavy atom. The third-order valence-corrected chi connectivity index (χ3v) is 6.54. The second-order valence-corrected chi connectivity index (χ2v) is 8.97. The molecule has 0 fully saturated rings. The Balaban J connectivity index is 1.71. The summed E-state index contributed by atoms with van der Waals surface area (Å²) in [4.78, 5) is 22.9. The van der Waals surface area contributed by atoms with Crippen molar-refractivity contribution in [2.24, 2.45) is 5.10 Å². The first-order valence-electron chi connectivity index (χ1n) is 10.0. The highest BCUT2D eigenvalue weighted by Crippen LogP contribution is 2.16. The zero-order valence-electron chi connectivity index (χ0n) is 17.6. The van der Waals surface area contributed by atoms with E-state index in [1.165, 1.54) is 36.5 Å². The van der Waals surface area contributed by atoms with Crippen molar-refractivity contribution < 1.29 is 18.1 Å². The number of hydrogen-bond donors (Lipinski definition) is 1. The number of amides is 1. The number of hydrogen-bond acceptors (Lipinski definition) is 6. The topological polar surface area (TPSA) is 122 Å². The van der Waals surface area contributed by atoms with Crippen LogP contribution in [0.4, 0.5) is 5.69 Å². The molecule has 0 spiro atoms. The first-order valence-corrected chi connectivity index (χ1v) is 11.5. The molecule has 0 aliphatic rings.